The van der Waals surface area contributed by atoms with Crippen molar-refractivity contribution in [1.82, 2.24) is 4.98 Å². The number of hydrogen-bond donors (Lipinski definition) is 0. The maximum absolute atomic E-state index is 5.16. The van der Waals surface area contributed by atoms with Gasteiger partial charge in [-0.15, -0.1) is 0 Å². The van der Waals surface area contributed by atoms with Crippen LogP contribution in [-0.2, 0) is 4.74 Å². The molecule has 1 rings (SSSR count). The van der Waals surface area contributed by atoms with Crippen molar-refractivity contribution in [3.63, 3.8) is 0 Å². The van der Waals surface area contributed by atoms with E-state index in [1.807, 2.05) is 0 Å². The summed E-state index contributed by atoms with van der Waals surface area (Å²) in [6.45, 7) is 9.80. The lowest BCUT2D eigenvalue weighted by molar-refractivity contribution is 0.186. The summed E-state index contributed by atoms with van der Waals surface area (Å²) >= 11 is 0. The van der Waals surface area contributed by atoms with Crippen molar-refractivity contribution in [2.24, 2.45) is 5.41 Å². The van der Waals surface area contributed by atoms with Gasteiger partial charge in [0.25, 0.3) is 0 Å². The van der Waals surface area contributed by atoms with Crippen molar-refractivity contribution in [3.05, 3.63) is 29.6 Å². The van der Waals surface area contributed by atoms with Crippen LogP contribution in [0.2, 0.25) is 0 Å². The number of methoxy groups -OCH3 is 1. The number of aryl methyl sites for hydroxylation is 1. The summed E-state index contributed by atoms with van der Waals surface area (Å²) in [6, 6.07) is 6.34. The molecule has 0 radical (unpaired) electrons. The van der Waals surface area contributed by atoms with Crippen LogP contribution in [0.4, 0.5) is 0 Å². The Balaban J connectivity index is 2.76. The molecule has 0 spiro atoms. The van der Waals surface area contributed by atoms with E-state index in [2.05, 4.69) is 45.9 Å². The molecule has 0 saturated carbocycles. The molecule has 2 nitrogen and oxygen atoms in total. The molecule has 0 fully saturated rings. The molecule has 0 aromatic carbocycles. The van der Waals surface area contributed by atoms with E-state index in [0.29, 0.717) is 11.3 Å². The van der Waals surface area contributed by atoms with E-state index in [4.69, 9.17) is 9.72 Å². The molecule has 0 aliphatic rings. The summed E-state index contributed by atoms with van der Waals surface area (Å²) in [5.41, 5.74) is 2.68. The van der Waals surface area contributed by atoms with Gasteiger partial charge in [-0.1, -0.05) is 26.8 Å². The molecule has 1 aromatic rings. The van der Waals surface area contributed by atoms with Crippen LogP contribution in [0, 0.1) is 12.3 Å². The Bertz CT molecular complexity index is 354. The van der Waals surface area contributed by atoms with Gasteiger partial charge in [0.15, 0.2) is 0 Å². The van der Waals surface area contributed by atoms with E-state index in [0.717, 1.165) is 25.1 Å². The maximum atomic E-state index is 5.16. The van der Waals surface area contributed by atoms with Gasteiger partial charge in [0.2, 0.25) is 0 Å². The molecule has 0 amide bonds. The van der Waals surface area contributed by atoms with Gasteiger partial charge in [0.1, 0.15) is 0 Å². The highest BCUT2D eigenvalue weighted by Gasteiger charge is 2.21. The third-order valence-electron chi connectivity index (χ3n) is 3.09. The van der Waals surface area contributed by atoms with Gasteiger partial charge in [0, 0.05) is 31.0 Å². The molecule has 0 saturated heterocycles. The first-order valence-electron chi connectivity index (χ1n) is 6.85. The first-order chi connectivity index (χ1) is 8.42. The highest BCUT2D eigenvalue weighted by atomic mass is 16.5. The standard InChI is InChI=1S/C16H27NO/c1-13-8-6-10-15(17-13)14(9-7-11-18-5)12-16(2,3)4/h6,8,10,14H,7,9,11-12H2,1-5H3. The van der Waals surface area contributed by atoms with Gasteiger partial charge < -0.3 is 4.74 Å². The van der Waals surface area contributed by atoms with Gasteiger partial charge in [0.05, 0.1) is 0 Å². The van der Waals surface area contributed by atoms with Crippen LogP contribution < -0.4 is 0 Å². The minimum Gasteiger partial charge on any atom is -0.385 e. The molecular weight excluding hydrogens is 222 g/mol. The lowest BCUT2D eigenvalue weighted by Gasteiger charge is -2.26. The Morgan fingerprint density at radius 1 is 1.28 bits per heavy atom. The van der Waals surface area contributed by atoms with Crippen LogP contribution in [0.1, 0.15) is 57.3 Å². The van der Waals surface area contributed by atoms with Gasteiger partial charge >= 0.3 is 0 Å². The third kappa shape index (κ3) is 5.63. The summed E-state index contributed by atoms with van der Waals surface area (Å²) in [7, 11) is 1.77. The Labute approximate surface area is 112 Å². The van der Waals surface area contributed by atoms with Crippen molar-refractivity contribution >= 4 is 0 Å². The van der Waals surface area contributed by atoms with Gasteiger partial charge in [-0.05, 0) is 43.7 Å². The van der Waals surface area contributed by atoms with E-state index >= 15 is 0 Å². The number of hydrogen-bond acceptors (Lipinski definition) is 2. The summed E-state index contributed by atoms with van der Waals surface area (Å²) in [4.78, 5) is 4.70. The number of aromatic nitrogens is 1. The second-order valence-corrected chi connectivity index (χ2v) is 6.30. The predicted octanol–water partition coefficient (Wildman–Crippen LogP) is 4.34. The minimum atomic E-state index is 0.336. The smallest absolute Gasteiger partial charge is 0.0462 e. The molecule has 1 heterocycles. The summed E-state index contributed by atoms with van der Waals surface area (Å²) in [5, 5.41) is 0. The van der Waals surface area contributed by atoms with Gasteiger partial charge in [-0.2, -0.15) is 0 Å². The zero-order valence-electron chi connectivity index (χ0n) is 12.5. The van der Waals surface area contributed by atoms with Crippen LogP contribution in [0.25, 0.3) is 0 Å². The monoisotopic (exact) mass is 249 g/mol. The molecule has 0 aliphatic heterocycles. The highest BCUT2D eigenvalue weighted by molar-refractivity contribution is 5.14. The van der Waals surface area contributed by atoms with Crippen LogP contribution in [0.5, 0.6) is 0 Å². The largest absolute Gasteiger partial charge is 0.385 e. The zero-order chi connectivity index (χ0) is 13.6. The van der Waals surface area contributed by atoms with Crippen molar-refractivity contribution in [1.29, 1.82) is 0 Å². The molecule has 102 valence electrons. The first-order valence-corrected chi connectivity index (χ1v) is 6.85. The summed E-state index contributed by atoms with van der Waals surface area (Å²) in [6.07, 6.45) is 3.43. The Hall–Kier alpha value is -0.890. The van der Waals surface area contributed by atoms with Gasteiger partial charge in [-0.25, -0.2) is 0 Å². The average Bonchev–Trinajstić information content (AvgIpc) is 2.26. The number of pyridine rings is 1. The molecule has 0 aliphatic carbocycles. The van der Waals surface area contributed by atoms with Crippen LogP contribution in [-0.4, -0.2) is 18.7 Å². The van der Waals surface area contributed by atoms with Gasteiger partial charge in [-0.3, -0.25) is 4.98 Å². The third-order valence-corrected chi connectivity index (χ3v) is 3.09. The Morgan fingerprint density at radius 2 is 2.00 bits per heavy atom. The van der Waals surface area contributed by atoms with Crippen molar-refractivity contribution in [2.45, 2.75) is 52.9 Å². The fourth-order valence-electron chi connectivity index (χ4n) is 2.36. The molecule has 2 heteroatoms. The van der Waals surface area contributed by atoms with E-state index < -0.39 is 0 Å². The SMILES string of the molecule is COCCCC(CC(C)(C)C)c1cccc(C)n1. The maximum Gasteiger partial charge on any atom is 0.0462 e. The lowest BCUT2D eigenvalue weighted by atomic mass is 9.81. The minimum absolute atomic E-state index is 0.336. The normalized spacial score (nSPS) is 13.6. The molecule has 18 heavy (non-hydrogen) atoms. The van der Waals surface area contributed by atoms with Crippen molar-refractivity contribution < 1.29 is 4.74 Å². The van der Waals surface area contributed by atoms with Crippen molar-refractivity contribution in [3.8, 4) is 0 Å². The van der Waals surface area contributed by atoms with E-state index in [-0.39, 0.29) is 0 Å². The number of nitrogens with zero attached hydrogens (tertiary/aromatic N) is 1. The predicted molar refractivity (Wildman–Crippen MR) is 76.9 cm³/mol. The molecule has 1 atom stereocenters. The molecule has 0 N–H and O–H groups in total. The fraction of sp³-hybridized carbons (Fsp3) is 0.688. The molecular formula is C16H27NO. The molecule has 1 aromatic heterocycles. The molecule has 1 unspecified atom stereocenters. The van der Waals surface area contributed by atoms with Crippen LogP contribution in [0.3, 0.4) is 0 Å². The van der Waals surface area contributed by atoms with E-state index in [9.17, 15) is 0 Å². The first kappa shape index (κ1) is 15.2. The second-order valence-electron chi connectivity index (χ2n) is 6.30. The van der Waals surface area contributed by atoms with E-state index in [1.165, 1.54) is 12.1 Å². The quantitative estimate of drug-likeness (QED) is 0.700. The highest BCUT2D eigenvalue weighted by Crippen LogP contribution is 2.33. The fourth-order valence-corrected chi connectivity index (χ4v) is 2.36. The van der Waals surface area contributed by atoms with Crippen LogP contribution >= 0.6 is 0 Å². The summed E-state index contributed by atoms with van der Waals surface area (Å²) in [5.74, 6) is 0.542. The summed E-state index contributed by atoms with van der Waals surface area (Å²) < 4.78 is 5.16. The van der Waals surface area contributed by atoms with E-state index in [1.54, 1.807) is 7.11 Å². The Kier molecular flexibility index (Phi) is 5.80. The molecule has 0 bridgehead atoms. The topological polar surface area (TPSA) is 22.1 Å². The number of ether oxygens (including phenoxy) is 1. The van der Waals surface area contributed by atoms with Crippen molar-refractivity contribution in [2.75, 3.05) is 13.7 Å². The Morgan fingerprint density at radius 3 is 2.56 bits per heavy atom. The second kappa shape index (κ2) is 6.89. The lowest BCUT2D eigenvalue weighted by Crippen LogP contribution is -2.14. The average molecular weight is 249 g/mol. The van der Waals surface area contributed by atoms with Crippen LogP contribution in [0.15, 0.2) is 18.2 Å². The number of rotatable bonds is 6. The zero-order valence-corrected chi connectivity index (χ0v) is 12.5.